The van der Waals surface area contributed by atoms with E-state index in [0.29, 0.717) is 12.1 Å². The van der Waals surface area contributed by atoms with Crippen LogP contribution in [0.25, 0.3) is 0 Å². The summed E-state index contributed by atoms with van der Waals surface area (Å²) < 4.78 is 27.5. The lowest BCUT2D eigenvalue weighted by molar-refractivity contribution is 0.0948. The number of nitrogens with one attached hydrogen (secondary N) is 1. The van der Waals surface area contributed by atoms with Gasteiger partial charge in [-0.2, -0.15) is 0 Å². The number of aryl methyl sites for hydroxylation is 2. The van der Waals surface area contributed by atoms with Crippen molar-refractivity contribution in [2.45, 2.75) is 62.3 Å². The second-order valence-corrected chi connectivity index (χ2v) is 12.8. The van der Waals surface area contributed by atoms with Crippen molar-refractivity contribution in [2.75, 3.05) is 31.1 Å². The summed E-state index contributed by atoms with van der Waals surface area (Å²) in [7, 11) is -3.99. The third-order valence-corrected chi connectivity index (χ3v) is 9.78. The molecule has 210 valence electrons. The van der Waals surface area contributed by atoms with E-state index >= 15 is 0 Å². The van der Waals surface area contributed by atoms with Gasteiger partial charge in [-0.05, 0) is 94.2 Å². The van der Waals surface area contributed by atoms with E-state index in [0.717, 1.165) is 42.7 Å². The molecule has 0 saturated carbocycles. The second-order valence-electron chi connectivity index (χ2n) is 10.9. The molecule has 2 aliphatic rings. The van der Waals surface area contributed by atoms with Crippen LogP contribution in [0.2, 0.25) is 0 Å². The summed E-state index contributed by atoms with van der Waals surface area (Å²) in [6.45, 7) is 7.83. The fourth-order valence-electron chi connectivity index (χ4n) is 5.61. The van der Waals surface area contributed by atoms with Crippen molar-refractivity contribution in [3.8, 4) is 0 Å². The maximum atomic E-state index is 13.9. The van der Waals surface area contributed by atoms with Gasteiger partial charge in [0, 0.05) is 12.1 Å². The number of carbonyl (C=O) groups excluding carboxylic acids is 2. The van der Waals surface area contributed by atoms with E-state index in [9.17, 15) is 18.0 Å². The van der Waals surface area contributed by atoms with Gasteiger partial charge in [-0.1, -0.05) is 48.7 Å². The Bertz CT molecular complexity index is 1520. The SMILES string of the molecule is Cc1ccc(C)c(CN2C(=O)c3ccccc3S(=O)(=O)c3ccc(C(=O)NCCCN4CCCCCC4)cc32)c1. The van der Waals surface area contributed by atoms with Crippen LogP contribution in [0.1, 0.15) is 69.5 Å². The average molecular weight is 560 g/mol. The summed E-state index contributed by atoms with van der Waals surface area (Å²) >= 11 is 0. The number of rotatable bonds is 7. The van der Waals surface area contributed by atoms with Crippen molar-refractivity contribution in [3.05, 3.63) is 88.5 Å². The number of nitrogens with zero attached hydrogens (tertiary/aromatic N) is 2. The van der Waals surface area contributed by atoms with Crippen LogP contribution in [-0.4, -0.2) is 51.3 Å². The smallest absolute Gasteiger partial charge is 0.259 e. The highest BCUT2D eigenvalue weighted by molar-refractivity contribution is 7.91. The van der Waals surface area contributed by atoms with Crippen LogP contribution in [0, 0.1) is 13.8 Å². The molecule has 2 heterocycles. The van der Waals surface area contributed by atoms with Crippen LogP contribution in [-0.2, 0) is 16.4 Å². The van der Waals surface area contributed by atoms with E-state index in [-0.39, 0.29) is 33.5 Å². The molecule has 0 unspecified atom stereocenters. The molecule has 5 rings (SSSR count). The van der Waals surface area contributed by atoms with Crippen molar-refractivity contribution < 1.29 is 18.0 Å². The summed E-state index contributed by atoms with van der Waals surface area (Å²) in [6, 6.07) is 16.9. The van der Waals surface area contributed by atoms with Crippen molar-refractivity contribution in [3.63, 3.8) is 0 Å². The van der Waals surface area contributed by atoms with Gasteiger partial charge in [0.1, 0.15) is 0 Å². The highest BCUT2D eigenvalue weighted by Crippen LogP contribution is 2.38. The highest BCUT2D eigenvalue weighted by Gasteiger charge is 2.36. The Morgan fingerprint density at radius 1 is 0.900 bits per heavy atom. The van der Waals surface area contributed by atoms with Crippen LogP contribution in [0.15, 0.2) is 70.5 Å². The Hall–Kier alpha value is -3.49. The molecule has 40 heavy (non-hydrogen) atoms. The Morgan fingerprint density at radius 3 is 2.42 bits per heavy atom. The molecule has 0 spiro atoms. The van der Waals surface area contributed by atoms with Crippen LogP contribution in [0.5, 0.6) is 0 Å². The Kier molecular flexibility index (Phi) is 8.38. The zero-order chi connectivity index (χ0) is 28.3. The maximum Gasteiger partial charge on any atom is 0.259 e. The fourth-order valence-corrected chi connectivity index (χ4v) is 7.24. The first kappa shape index (κ1) is 28.1. The molecule has 0 aliphatic carbocycles. The summed E-state index contributed by atoms with van der Waals surface area (Å²) in [6.07, 6.45) is 5.87. The lowest BCUT2D eigenvalue weighted by Gasteiger charge is -2.24. The normalized spacial score (nSPS) is 16.9. The molecule has 3 aromatic rings. The monoisotopic (exact) mass is 559 g/mol. The molecule has 8 heteroatoms. The maximum absolute atomic E-state index is 13.9. The fraction of sp³-hybridized carbons (Fsp3) is 0.375. The van der Waals surface area contributed by atoms with Gasteiger partial charge in [0.05, 0.1) is 27.6 Å². The zero-order valence-electron chi connectivity index (χ0n) is 23.3. The number of hydrogen-bond acceptors (Lipinski definition) is 5. The number of sulfone groups is 1. The van der Waals surface area contributed by atoms with E-state index in [1.807, 2.05) is 32.0 Å². The van der Waals surface area contributed by atoms with Gasteiger partial charge < -0.3 is 15.1 Å². The van der Waals surface area contributed by atoms with Gasteiger partial charge in [-0.25, -0.2) is 8.42 Å². The van der Waals surface area contributed by atoms with Gasteiger partial charge in [-0.15, -0.1) is 0 Å². The molecule has 0 radical (unpaired) electrons. The Morgan fingerprint density at radius 2 is 1.65 bits per heavy atom. The summed E-state index contributed by atoms with van der Waals surface area (Å²) in [5.41, 5.74) is 3.64. The lowest BCUT2D eigenvalue weighted by Crippen LogP contribution is -2.32. The molecule has 2 aliphatic heterocycles. The molecule has 1 fully saturated rings. The minimum absolute atomic E-state index is 0.0181. The number of anilines is 1. The molecule has 3 aromatic carbocycles. The minimum atomic E-state index is -3.99. The van der Waals surface area contributed by atoms with Crippen molar-refractivity contribution >= 4 is 27.3 Å². The average Bonchev–Trinajstić information content (AvgIpc) is 3.26. The van der Waals surface area contributed by atoms with Crippen molar-refractivity contribution in [1.29, 1.82) is 0 Å². The van der Waals surface area contributed by atoms with E-state index in [4.69, 9.17) is 0 Å². The predicted molar refractivity (Wildman–Crippen MR) is 157 cm³/mol. The summed E-state index contributed by atoms with van der Waals surface area (Å²) in [5.74, 6) is -0.689. The Balaban J connectivity index is 1.44. The van der Waals surface area contributed by atoms with E-state index in [1.165, 1.54) is 48.8 Å². The van der Waals surface area contributed by atoms with Gasteiger partial charge in [0.25, 0.3) is 11.8 Å². The molecule has 0 atom stereocenters. The summed E-state index contributed by atoms with van der Waals surface area (Å²) in [4.78, 5) is 31.0. The minimum Gasteiger partial charge on any atom is -0.352 e. The molecule has 0 aromatic heterocycles. The molecular formula is C32H37N3O4S. The molecule has 7 nitrogen and oxygen atoms in total. The molecular weight excluding hydrogens is 522 g/mol. The largest absolute Gasteiger partial charge is 0.352 e. The number of amides is 2. The number of benzene rings is 3. The Labute approximate surface area is 237 Å². The molecule has 1 saturated heterocycles. The highest BCUT2D eigenvalue weighted by atomic mass is 32.2. The van der Waals surface area contributed by atoms with E-state index < -0.39 is 15.7 Å². The van der Waals surface area contributed by atoms with Crippen molar-refractivity contribution in [2.24, 2.45) is 0 Å². The van der Waals surface area contributed by atoms with Crippen LogP contribution < -0.4 is 10.2 Å². The second kappa shape index (κ2) is 11.9. The predicted octanol–water partition coefficient (Wildman–Crippen LogP) is 5.29. The number of fused-ring (bicyclic) bond motifs is 2. The topological polar surface area (TPSA) is 86.8 Å². The van der Waals surface area contributed by atoms with Crippen LogP contribution in [0.3, 0.4) is 0 Å². The number of carbonyl (C=O) groups is 2. The van der Waals surface area contributed by atoms with E-state index in [1.54, 1.807) is 24.3 Å². The van der Waals surface area contributed by atoms with Crippen LogP contribution in [0.4, 0.5) is 5.69 Å². The van der Waals surface area contributed by atoms with Gasteiger partial charge in [0.15, 0.2) is 0 Å². The third kappa shape index (κ3) is 5.83. The molecule has 2 amide bonds. The standard InChI is InChI=1S/C32H37N3O4S/c1-23-12-13-24(2)26(20-23)22-35-28-21-25(31(36)33-16-9-19-34-17-7-3-4-8-18-34)14-15-30(28)40(38,39)29-11-6-5-10-27(29)32(35)37/h5-6,10-15,20-21H,3-4,7-9,16-19,22H2,1-2H3,(H,33,36). The third-order valence-electron chi connectivity index (χ3n) is 7.92. The summed E-state index contributed by atoms with van der Waals surface area (Å²) in [5, 5.41) is 2.99. The number of likely N-dealkylation sites (tertiary alicyclic amines) is 1. The lowest BCUT2D eigenvalue weighted by atomic mass is 10.0. The van der Waals surface area contributed by atoms with Crippen molar-refractivity contribution in [1.82, 2.24) is 10.2 Å². The van der Waals surface area contributed by atoms with Gasteiger partial charge in [-0.3, -0.25) is 9.59 Å². The van der Waals surface area contributed by atoms with Gasteiger partial charge in [0.2, 0.25) is 9.84 Å². The quantitative estimate of drug-likeness (QED) is 0.398. The molecule has 0 bridgehead atoms. The first-order valence-corrected chi connectivity index (χ1v) is 15.6. The van der Waals surface area contributed by atoms with Gasteiger partial charge >= 0.3 is 0 Å². The first-order chi connectivity index (χ1) is 19.3. The molecule has 1 N–H and O–H groups in total. The zero-order valence-corrected chi connectivity index (χ0v) is 24.1. The first-order valence-electron chi connectivity index (χ1n) is 14.1. The number of hydrogen-bond donors (Lipinski definition) is 1. The van der Waals surface area contributed by atoms with Crippen LogP contribution >= 0.6 is 0 Å². The van der Waals surface area contributed by atoms with E-state index in [2.05, 4.69) is 10.2 Å².